The van der Waals surface area contributed by atoms with Gasteiger partial charge in [0.05, 0.1) is 38.6 Å². The van der Waals surface area contributed by atoms with Crippen molar-refractivity contribution in [1.82, 2.24) is 5.32 Å². The smallest absolute Gasteiger partial charge is 0.220 e. The van der Waals surface area contributed by atoms with Crippen LogP contribution in [-0.4, -0.2) is 193 Å². The summed E-state index contributed by atoms with van der Waals surface area (Å²) in [5.74, 6) is -0.268. The predicted molar refractivity (Wildman–Crippen MR) is 365 cm³/mol. The third-order valence-electron chi connectivity index (χ3n) is 19.6. The minimum atomic E-state index is -1.98. The second kappa shape index (κ2) is 56.3. The SMILES string of the molecule is CCCCCCCCCCCCCCC/C=C/C(O)C(COC1OC(CO)C(OC2OC(CO)C(OC3OC(CO)C(O)C(O)C3O)C(O)C2O)C(O)C1O)NC(=O)CCCCCCCCCCCCCCCCCCCCCCCCCCCCCCCCCCC. The average molecular weight is 1330 g/mol. The second-order valence-corrected chi connectivity index (χ2v) is 27.8. The molecule has 3 aliphatic heterocycles. The number of aliphatic hydroxyl groups excluding tert-OH is 11. The van der Waals surface area contributed by atoms with Gasteiger partial charge in [-0.25, -0.2) is 0 Å². The van der Waals surface area contributed by atoms with E-state index in [1.54, 1.807) is 6.08 Å². The molecule has 0 aliphatic carbocycles. The monoisotopic (exact) mass is 1330 g/mol. The minimum Gasteiger partial charge on any atom is -0.394 e. The quantitative estimate of drug-likeness (QED) is 0.0199. The van der Waals surface area contributed by atoms with Crippen molar-refractivity contribution in [1.29, 1.82) is 0 Å². The Kier molecular flexibility index (Phi) is 51.9. The van der Waals surface area contributed by atoms with E-state index in [1.165, 1.54) is 250 Å². The van der Waals surface area contributed by atoms with Gasteiger partial charge in [0.2, 0.25) is 5.91 Å². The molecule has 3 rings (SSSR count). The van der Waals surface area contributed by atoms with Gasteiger partial charge in [0.1, 0.15) is 73.2 Å². The maximum Gasteiger partial charge on any atom is 0.220 e. The molecule has 0 aromatic rings. The molecule has 0 aromatic heterocycles. The molecule has 17 unspecified atom stereocenters. The van der Waals surface area contributed by atoms with Gasteiger partial charge < -0.3 is 89.9 Å². The number of nitrogens with one attached hydrogen (secondary N) is 1. The van der Waals surface area contributed by atoms with Crippen molar-refractivity contribution in [3.63, 3.8) is 0 Å². The van der Waals surface area contributed by atoms with Crippen LogP contribution in [0.25, 0.3) is 0 Å². The molecule has 3 aliphatic rings. The number of hydrogen-bond donors (Lipinski definition) is 12. The standard InChI is InChI=1S/C74H141NO18/c1-3-5-7-9-11-13-15-17-19-20-21-22-23-24-25-26-27-28-29-30-31-32-33-34-35-36-38-40-42-44-46-48-50-52-62(80)75-57(58(79)51-49-47-45-43-41-39-37-18-16-14-12-10-8-6-4-2)56-88-72-68(86)65(83)70(60(54-77)90-72)93-74-69(87)66(84)71(61(55-78)91-74)92-73-67(85)64(82)63(81)59(53-76)89-73/h49,51,57-61,63-74,76-79,81-87H,3-48,50,52-56H2,1-2H3,(H,75,80)/b51-49+. The average Bonchev–Trinajstić information content (AvgIpc) is 1.01. The van der Waals surface area contributed by atoms with Crippen LogP contribution in [-0.2, 0) is 33.2 Å². The minimum absolute atomic E-state index is 0.250. The lowest BCUT2D eigenvalue weighted by Crippen LogP contribution is -2.66. The molecule has 12 N–H and O–H groups in total. The van der Waals surface area contributed by atoms with Crippen LogP contribution >= 0.6 is 0 Å². The molecule has 3 fully saturated rings. The lowest BCUT2D eigenvalue weighted by Gasteiger charge is -2.48. The fourth-order valence-corrected chi connectivity index (χ4v) is 13.4. The van der Waals surface area contributed by atoms with E-state index in [-0.39, 0.29) is 18.9 Å². The van der Waals surface area contributed by atoms with Crippen LogP contribution in [0.15, 0.2) is 12.2 Å². The number of hydrogen-bond acceptors (Lipinski definition) is 18. The number of unbranched alkanes of at least 4 members (excludes halogenated alkanes) is 45. The first kappa shape index (κ1) is 85.8. The third kappa shape index (κ3) is 37.5. The summed E-state index contributed by atoms with van der Waals surface area (Å²) in [5, 5.41) is 121. The fourth-order valence-electron chi connectivity index (χ4n) is 13.4. The highest BCUT2D eigenvalue weighted by molar-refractivity contribution is 5.76. The van der Waals surface area contributed by atoms with Crippen molar-refractivity contribution in [2.75, 3.05) is 26.4 Å². The van der Waals surface area contributed by atoms with Gasteiger partial charge in [-0.3, -0.25) is 4.79 Å². The first-order chi connectivity index (χ1) is 45.3. The highest BCUT2D eigenvalue weighted by Crippen LogP contribution is 2.33. The van der Waals surface area contributed by atoms with Crippen LogP contribution in [0, 0.1) is 0 Å². The van der Waals surface area contributed by atoms with E-state index in [4.69, 9.17) is 28.4 Å². The predicted octanol–water partition coefficient (Wildman–Crippen LogP) is 11.6. The fraction of sp³-hybridized carbons (Fsp3) is 0.959. The molecule has 0 bridgehead atoms. The third-order valence-corrected chi connectivity index (χ3v) is 19.6. The molecular weight excluding hydrogens is 1190 g/mol. The Morgan fingerprint density at radius 2 is 0.667 bits per heavy atom. The van der Waals surface area contributed by atoms with Crippen LogP contribution in [0.2, 0.25) is 0 Å². The largest absolute Gasteiger partial charge is 0.394 e. The number of rotatable bonds is 61. The lowest BCUT2D eigenvalue weighted by atomic mass is 9.96. The summed E-state index contributed by atoms with van der Waals surface area (Å²) in [5.41, 5.74) is 0. The summed E-state index contributed by atoms with van der Waals surface area (Å²) in [4.78, 5) is 13.4. The van der Waals surface area contributed by atoms with Crippen molar-refractivity contribution in [3.8, 4) is 0 Å². The van der Waals surface area contributed by atoms with Gasteiger partial charge >= 0.3 is 0 Å². The highest BCUT2D eigenvalue weighted by Gasteiger charge is 2.53. The molecule has 17 atom stereocenters. The van der Waals surface area contributed by atoms with Gasteiger partial charge in [-0.2, -0.15) is 0 Å². The van der Waals surface area contributed by atoms with Gasteiger partial charge in [0.25, 0.3) is 0 Å². The molecule has 0 spiro atoms. The van der Waals surface area contributed by atoms with E-state index < -0.39 is 124 Å². The Bertz CT molecular complexity index is 1730. The molecular formula is C74H141NO18. The maximum absolute atomic E-state index is 13.4. The summed E-state index contributed by atoms with van der Waals surface area (Å²) < 4.78 is 34.4. The lowest BCUT2D eigenvalue weighted by molar-refractivity contribution is -0.379. The Balaban J connectivity index is 1.34. The molecule has 1 amide bonds. The van der Waals surface area contributed by atoms with Crippen molar-refractivity contribution in [3.05, 3.63) is 12.2 Å². The van der Waals surface area contributed by atoms with Crippen LogP contribution in [0.3, 0.4) is 0 Å². The molecule has 19 nitrogen and oxygen atoms in total. The Morgan fingerprint density at radius 3 is 1.01 bits per heavy atom. The summed E-state index contributed by atoms with van der Waals surface area (Å²) in [6.45, 7) is 1.78. The van der Waals surface area contributed by atoms with Crippen molar-refractivity contribution in [2.45, 2.75) is 426 Å². The van der Waals surface area contributed by atoms with Crippen LogP contribution < -0.4 is 5.32 Å². The summed E-state index contributed by atoms with van der Waals surface area (Å²) in [7, 11) is 0. The molecule has 0 aromatic carbocycles. The topological polar surface area (TPSA) is 307 Å². The van der Waals surface area contributed by atoms with Crippen molar-refractivity contribution >= 4 is 5.91 Å². The van der Waals surface area contributed by atoms with Gasteiger partial charge in [-0.1, -0.05) is 309 Å². The van der Waals surface area contributed by atoms with Gasteiger partial charge in [0, 0.05) is 6.42 Å². The van der Waals surface area contributed by atoms with Crippen LogP contribution in [0.1, 0.15) is 322 Å². The molecule has 550 valence electrons. The zero-order valence-corrected chi connectivity index (χ0v) is 58.5. The second-order valence-electron chi connectivity index (χ2n) is 27.8. The number of carbonyl (C=O) groups is 1. The van der Waals surface area contributed by atoms with Gasteiger partial charge in [0.15, 0.2) is 18.9 Å². The summed E-state index contributed by atoms with van der Waals surface area (Å²) in [6.07, 6.45) is 37.9. The van der Waals surface area contributed by atoms with Crippen molar-refractivity contribution < 1.29 is 89.4 Å². The van der Waals surface area contributed by atoms with E-state index in [2.05, 4.69) is 19.2 Å². The Morgan fingerprint density at radius 1 is 0.376 bits per heavy atom. The van der Waals surface area contributed by atoms with Crippen LogP contribution in [0.5, 0.6) is 0 Å². The number of allylic oxidation sites excluding steroid dienone is 1. The molecule has 93 heavy (non-hydrogen) atoms. The van der Waals surface area contributed by atoms with E-state index in [1.807, 2.05) is 6.08 Å². The first-order valence-electron chi connectivity index (χ1n) is 38.4. The first-order valence-corrected chi connectivity index (χ1v) is 38.4. The number of amides is 1. The number of ether oxygens (including phenoxy) is 6. The summed E-state index contributed by atoms with van der Waals surface area (Å²) in [6, 6.07) is -0.969. The van der Waals surface area contributed by atoms with E-state index in [0.29, 0.717) is 6.42 Å². The number of aliphatic hydroxyl groups is 11. The Labute approximate surface area is 563 Å². The van der Waals surface area contributed by atoms with E-state index in [0.717, 1.165) is 44.9 Å². The van der Waals surface area contributed by atoms with Gasteiger partial charge in [-0.15, -0.1) is 0 Å². The number of carbonyl (C=O) groups excluding carboxylic acids is 1. The van der Waals surface area contributed by atoms with Gasteiger partial charge in [-0.05, 0) is 19.3 Å². The summed E-state index contributed by atoms with van der Waals surface area (Å²) >= 11 is 0. The normalized spacial score (nSPS) is 27.5. The highest BCUT2D eigenvalue weighted by atomic mass is 16.8. The van der Waals surface area contributed by atoms with Crippen molar-refractivity contribution in [2.24, 2.45) is 0 Å². The molecule has 0 radical (unpaired) electrons. The van der Waals surface area contributed by atoms with E-state index >= 15 is 0 Å². The zero-order chi connectivity index (χ0) is 67.5. The maximum atomic E-state index is 13.4. The molecule has 3 heterocycles. The molecule has 19 heteroatoms. The Hall–Kier alpha value is -1.47. The van der Waals surface area contributed by atoms with Crippen LogP contribution in [0.4, 0.5) is 0 Å². The molecule has 3 saturated heterocycles. The van der Waals surface area contributed by atoms with E-state index in [9.17, 15) is 61.0 Å². The molecule has 0 saturated carbocycles. The zero-order valence-electron chi connectivity index (χ0n) is 58.5.